The van der Waals surface area contributed by atoms with Gasteiger partial charge in [0.25, 0.3) is 23.6 Å². The van der Waals surface area contributed by atoms with E-state index in [9.17, 15) is 38.4 Å². The minimum Gasteiger partial charge on any atom is -0.454 e. The van der Waals surface area contributed by atoms with Gasteiger partial charge in [0.05, 0.1) is 28.1 Å². The Morgan fingerprint density at radius 3 is 1.52 bits per heavy atom. The molecule has 15 heteroatoms. The van der Waals surface area contributed by atoms with Gasteiger partial charge < -0.3 is 20.1 Å². The Morgan fingerprint density at radius 2 is 1.00 bits per heavy atom. The van der Waals surface area contributed by atoms with E-state index in [4.69, 9.17) is 32.7 Å². The predicted octanol–water partition coefficient (Wildman–Crippen LogP) is 7.64. The number of amides is 4. The summed E-state index contributed by atoms with van der Waals surface area (Å²) in [5, 5.41) is 5.63. The summed E-state index contributed by atoms with van der Waals surface area (Å²) in [7, 11) is 0. The van der Waals surface area contributed by atoms with Crippen LogP contribution in [0.2, 0.25) is 10.0 Å². The molecule has 0 bridgehead atoms. The van der Waals surface area contributed by atoms with Gasteiger partial charge in [0, 0.05) is 38.7 Å². The molecule has 13 nitrogen and oxygen atoms in total. The topological polar surface area (TPSA) is 182 Å². The van der Waals surface area contributed by atoms with Crippen molar-refractivity contribution >= 4 is 81.7 Å². The lowest BCUT2D eigenvalue weighted by atomic mass is 10.0. The molecule has 1 heterocycles. The number of imide groups is 1. The molecule has 6 aromatic carbocycles. The zero-order valence-corrected chi connectivity index (χ0v) is 34.4. The van der Waals surface area contributed by atoms with E-state index < -0.39 is 66.4 Å². The fourth-order valence-corrected chi connectivity index (χ4v) is 7.07. The normalized spacial score (nSPS) is 12.2. The van der Waals surface area contributed by atoms with E-state index in [2.05, 4.69) is 10.6 Å². The molecule has 0 fully saturated rings. The van der Waals surface area contributed by atoms with Gasteiger partial charge >= 0.3 is 11.9 Å². The van der Waals surface area contributed by atoms with Crippen LogP contribution in [-0.2, 0) is 30.3 Å². The van der Waals surface area contributed by atoms with Crippen LogP contribution in [-0.4, -0.2) is 71.3 Å². The first-order chi connectivity index (χ1) is 30.4. The first kappa shape index (κ1) is 43.4. The third kappa shape index (κ3) is 10.1. The number of rotatable bonds is 15. The van der Waals surface area contributed by atoms with Crippen molar-refractivity contribution in [3.05, 3.63) is 200 Å². The minimum absolute atomic E-state index is 0.0941. The van der Waals surface area contributed by atoms with Crippen LogP contribution in [0.25, 0.3) is 0 Å². The molecule has 2 N–H and O–H groups in total. The zero-order chi connectivity index (χ0) is 44.6. The van der Waals surface area contributed by atoms with E-state index in [0.717, 1.165) is 6.07 Å². The second kappa shape index (κ2) is 19.3. The second-order valence-corrected chi connectivity index (χ2v) is 14.9. The maximum Gasteiger partial charge on any atom is 0.338 e. The number of halogens is 2. The number of carbonyl (C=O) groups is 8. The lowest BCUT2D eigenvalue weighted by Gasteiger charge is -2.24. The fraction of sp³-hybridized carbons (Fsp3) is 0.0833. The lowest BCUT2D eigenvalue weighted by Crippen LogP contribution is -2.47. The van der Waals surface area contributed by atoms with E-state index >= 15 is 0 Å². The maximum atomic E-state index is 13.9. The first-order valence-electron chi connectivity index (χ1n) is 19.2. The van der Waals surface area contributed by atoms with Gasteiger partial charge in [-0.15, -0.1) is 0 Å². The van der Waals surface area contributed by atoms with Gasteiger partial charge in [-0.1, -0.05) is 114 Å². The lowest BCUT2D eigenvalue weighted by molar-refractivity contribution is -0.151. The maximum absolute atomic E-state index is 13.9. The Bertz CT molecular complexity index is 2800. The van der Waals surface area contributed by atoms with Crippen LogP contribution in [0.5, 0.6) is 0 Å². The number of ether oxygens (including phenoxy) is 2. The highest BCUT2D eigenvalue weighted by Crippen LogP contribution is 2.29. The smallest absolute Gasteiger partial charge is 0.338 e. The van der Waals surface area contributed by atoms with Crippen molar-refractivity contribution < 1.29 is 47.8 Å². The molecule has 0 spiro atoms. The zero-order valence-electron chi connectivity index (χ0n) is 32.8. The summed E-state index contributed by atoms with van der Waals surface area (Å²) < 4.78 is 10.6. The summed E-state index contributed by atoms with van der Waals surface area (Å²) in [5.41, 5.74) is 1.20. The van der Waals surface area contributed by atoms with Crippen molar-refractivity contribution in [1.29, 1.82) is 0 Å². The molecule has 0 aliphatic carbocycles. The van der Waals surface area contributed by atoms with Crippen molar-refractivity contribution in [2.45, 2.75) is 12.5 Å². The Hall–Kier alpha value is -7.74. The number of nitrogens with zero attached hydrogens (tertiary/aromatic N) is 1. The molecular weight excluding hydrogens is 849 g/mol. The highest BCUT2D eigenvalue weighted by atomic mass is 35.5. The molecule has 0 radical (unpaired) electrons. The summed E-state index contributed by atoms with van der Waals surface area (Å²) >= 11 is 12.3. The monoisotopic (exact) mass is 881 g/mol. The summed E-state index contributed by atoms with van der Waals surface area (Å²) in [4.78, 5) is 108. The molecule has 1 atom stereocenters. The molecule has 6 aromatic rings. The fourth-order valence-electron chi connectivity index (χ4n) is 6.72. The van der Waals surface area contributed by atoms with Gasteiger partial charge in [0.2, 0.25) is 0 Å². The summed E-state index contributed by atoms with van der Waals surface area (Å²) in [6, 6.07) is 35.8. The number of esters is 2. The van der Waals surface area contributed by atoms with Crippen LogP contribution in [0.15, 0.2) is 146 Å². The van der Waals surface area contributed by atoms with Crippen LogP contribution in [0.1, 0.15) is 68.5 Å². The van der Waals surface area contributed by atoms with E-state index in [0.29, 0.717) is 21.6 Å². The van der Waals surface area contributed by atoms with Crippen molar-refractivity contribution in [2.24, 2.45) is 0 Å². The van der Waals surface area contributed by atoms with Gasteiger partial charge in [0.1, 0.15) is 6.04 Å². The molecule has 0 unspecified atom stereocenters. The Balaban J connectivity index is 1.02. The average molecular weight is 883 g/mol. The Kier molecular flexibility index (Phi) is 13.3. The van der Waals surface area contributed by atoms with Gasteiger partial charge in [-0.05, 0) is 60.2 Å². The molecule has 314 valence electrons. The average Bonchev–Trinajstić information content (AvgIpc) is 3.55. The van der Waals surface area contributed by atoms with E-state index in [-0.39, 0.29) is 55.7 Å². The number of fused-ring (bicyclic) bond motifs is 1. The molecule has 7 rings (SSSR count). The third-order valence-corrected chi connectivity index (χ3v) is 10.2. The second-order valence-electron chi connectivity index (χ2n) is 14.0. The van der Waals surface area contributed by atoms with Gasteiger partial charge in [0.15, 0.2) is 24.8 Å². The summed E-state index contributed by atoms with van der Waals surface area (Å²) in [6.07, 6.45) is -0.185. The van der Waals surface area contributed by atoms with Crippen molar-refractivity contribution in [1.82, 2.24) is 4.90 Å². The number of nitrogens with one attached hydrogen (secondary N) is 2. The number of ketones is 2. The minimum atomic E-state index is -1.55. The molecule has 63 heavy (non-hydrogen) atoms. The summed E-state index contributed by atoms with van der Waals surface area (Å²) in [5.74, 6) is -6.29. The van der Waals surface area contributed by atoms with Gasteiger partial charge in [-0.3, -0.25) is 33.7 Å². The molecule has 1 aliphatic rings. The van der Waals surface area contributed by atoms with Gasteiger partial charge in [-0.2, -0.15) is 0 Å². The van der Waals surface area contributed by atoms with E-state index in [1.807, 2.05) is 0 Å². The quantitative estimate of drug-likeness (QED) is 0.0591. The molecule has 1 aliphatic heterocycles. The van der Waals surface area contributed by atoms with E-state index in [1.165, 1.54) is 48.5 Å². The number of anilines is 2. The number of carbonyl (C=O) groups excluding carboxylic acids is 8. The number of hydrogen-bond donors (Lipinski definition) is 2. The van der Waals surface area contributed by atoms with Crippen LogP contribution in [0, 0.1) is 0 Å². The van der Waals surface area contributed by atoms with Crippen molar-refractivity contribution in [3.63, 3.8) is 0 Å². The van der Waals surface area contributed by atoms with Crippen LogP contribution < -0.4 is 10.6 Å². The van der Waals surface area contributed by atoms with Crippen LogP contribution >= 0.6 is 23.2 Å². The highest BCUT2D eigenvalue weighted by Gasteiger charge is 2.44. The molecule has 4 amide bonds. The van der Waals surface area contributed by atoms with Crippen LogP contribution in [0.4, 0.5) is 11.4 Å². The van der Waals surface area contributed by atoms with Crippen LogP contribution in [0.3, 0.4) is 0 Å². The Labute approximate surface area is 369 Å². The third-order valence-electron chi connectivity index (χ3n) is 9.76. The van der Waals surface area contributed by atoms with Crippen molar-refractivity contribution in [3.8, 4) is 0 Å². The Morgan fingerprint density at radius 1 is 0.524 bits per heavy atom. The molecule has 0 saturated heterocycles. The SMILES string of the molecule is O=C(COC(=O)c1ccc2c(c1)C(=O)N([C@H](Cc1ccccc1)C(=O)OCC(=O)Nc1ccc(Cl)cc1C(=O)c1ccccc1)C2=O)Nc1ccc(Cl)cc1C(=O)c1ccccc1. The van der Waals surface area contributed by atoms with Gasteiger partial charge in [-0.25, -0.2) is 9.59 Å². The molecule has 0 saturated carbocycles. The highest BCUT2D eigenvalue weighted by molar-refractivity contribution is 6.32. The first-order valence-corrected chi connectivity index (χ1v) is 19.9. The summed E-state index contributed by atoms with van der Waals surface area (Å²) in [6.45, 7) is -1.63. The molecule has 0 aromatic heterocycles. The standard InChI is InChI=1S/C48H33Cl2N3O10/c49-32-17-20-38(36(24-32)43(56)29-12-6-2-7-13-29)51-41(54)26-62-47(60)31-16-19-34-35(23-31)46(59)53(45(34)58)40(22-28-10-4-1-5-11-28)48(61)63-27-42(55)52-39-21-18-33(50)25-37(39)44(57)30-14-8-3-9-15-30/h1-21,23-25,40H,22,26-27H2,(H,51,54)(H,52,55)/t40-/m1/s1. The largest absolute Gasteiger partial charge is 0.454 e. The number of benzene rings is 6. The molecular formula is C48H33Cl2N3O10. The van der Waals surface area contributed by atoms with E-state index in [1.54, 1.807) is 91.0 Å². The predicted molar refractivity (Wildman–Crippen MR) is 232 cm³/mol. The number of hydrogen-bond acceptors (Lipinski definition) is 10. The van der Waals surface area contributed by atoms with Crippen molar-refractivity contribution in [2.75, 3.05) is 23.8 Å².